The summed E-state index contributed by atoms with van der Waals surface area (Å²) in [5.74, 6) is 0.615. The number of nitrogens with one attached hydrogen (secondary N) is 1. The average Bonchev–Trinajstić information content (AvgIpc) is 3.24. The molecule has 0 atom stereocenters. The molecule has 1 aromatic carbocycles. The average molecular weight is 300 g/mol. The fourth-order valence-corrected chi connectivity index (χ4v) is 3.72. The Morgan fingerprint density at radius 2 is 2.05 bits per heavy atom. The Labute approximate surface area is 129 Å². The van der Waals surface area contributed by atoms with Crippen LogP contribution >= 0.6 is 11.3 Å². The van der Waals surface area contributed by atoms with Gasteiger partial charge in [-0.3, -0.25) is 4.79 Å². The molecule has 0 unspecified atom stereocenters. The van der Waals surface area contributed by atoms with E-state index in [-0.39, 0.29) is 5.78 Å². The number of Topliss-reactive ketones (excluding diaryl/α,β-unsaturated/α-hetero) is 1. The molecule has 1 aliphatic rings. The fraction of sp³-hybridized carbons (Fsp3) is 0.353. The Hall–Kier alpha value is -1.81. The largest absolute Gasteiger partial charge is 0.397 e. The van der Waals surface area contributed by atoms with Gasteiger partial charge in [0.1, 0.15) is 0 Å². The number of ketones is 1. The van der Waals surface area contributed by atoms with E-state index in [1.807, 2.05) is 6.07 Å². The maximum absolute atomic E-state index is 11.7. The summed E-state index contributed by atoms with van der Waals surface area (Å²) in [4.78, 5) is 12.4. The second kappa shape index (κ2) is 5.90. The smallest absolute Gasteiger partial charge is 0.171 e. The Morgan fingerprint density at radius 1 is 1.33 bits per heavy atom. The lowest BCUT2D eigenvalue weighted by atomic mass is 10.1. The minimum Gasteiger partial charge on any atom is -0.397 e. The highest BCUT2D eigenvalue weighted by atomic mass is 32.1. The van der Waals surface area contributed by atoms with Crippen molar-refractivity contribution in [3.05, 3.63) is 46.3 Å². The lowest BCUT2D eigenvalue weighted by Gasteiger charge is -2.07. The van der Waals surface area contributed by atoms with Crippen LogP contribution in [0.3, 0.4) is 0 Å². The number of carbonyl (C=O) groups is 1. The highest BCUT2D eigenvalue weighted by molar-refractivity contribution is 7.18. The van der Waals surface area contributed by atoms with Crippen LogP contribution in [-0.2, 0) is 6.42 Å². The summed E-state index contributed by atoms with van der Waals surface area (Å²) in [7, 11) is 0. The van der Waals surface area contributed by atoms with Gasteiger partial charge in [-0.1, -0.05) is 30.3 Å². The van der Waals surface area contributed by atoms with Crippen molar-refractivity contribution in [3.63, 3.8) is 0 Å². The lowest BCUT2D eigenvalue weighted by molar-refractivity contribution is 0.102. The zero-order valence-electron chi connectivity index (χ0n) is 12.2. The zero-order valence-corrected chi connectivity index (χ0v) is 13.0. The Balaban J connectivity index is 1.72. The summed E-state index contributed by atoms with van der Waals surface area (Å²) in [6.45, 7) is 2.45. The molecule has 4 heteroatoms. The van der Waals surface area contributed by atoms with Gasteiger partial charge < -0.3 is 11.1 Å². The summed E-state index contributed by atoms with van der Waals surface area (Å²) in [5, 5.41) is 4.58. The van der Waals surface area contributed by atoms with E-state index in [4.69, 9.17) is 5.73 Å². The normalized spacial score (nSPS) is 14.1. The highest BCUT2D eigenvalue weighted by Crippen LogP contribution is 2.50. The SMILES string of the molecule is CC(=O)c1sc(NCCc2ccccc2)c(C2CC2)c1N. The van der Waals surface area contributed by atoms with Gasteiger partial charge in [0, 0.05) is 19.0 Å². The van der Waals surface area contributed by atoms with Crippen LogP contribution in [0.25, 0.3) is 0 Å². The Morgan fingerprint density at radius 3 is 2.67 bits per heavy atom. The third-order valence-electron chi connectivity index (χ3n) is 3.83. The van der Waals surface area contributed by atoms with Crippen molar-refractivity contribution in [2.24, 2.45) is 0 Å². The van der Waals surface area contributed by atoms with Crippen molar-refractivity contribution in [1.29, 1.82) is 0 Å². The van der Waals surface area contributed by atoms with Gasteiger partial charge in [-0.25, -0.2) is 0 Å². The Kier molecular flexibility index (Phi) is 3.97. The molecule has 1 aliphatic carbocycles. The molecule has 21 heavy (non-hydrogen) atoms. The van der Waals surface area contributed by atoms with Crippen LogP contribution in [0.5, 0.6) is 0 Å². The predicted octanol–water partition coefficient (Wildman–Crippen LogP) is 4.06. The number of nitrogen functional groups attached to an aromatic ring is 1. The second-order valence-electron chi connectivity index (χ2n) is 5.58. The van der Waals surface area contributed by atoms with E-state index < -0.39 is 0 Å². The minimum atomic E-state index is 0.0653. The quantitative estimate of drug-likeness (QED) is 0.791. The standard InChI is InChI=1S/C17H20N2OS/c1-11(20)16-15(18)14(13-7-8-13)17(21-16)19-10-9-12-5-3-2-4-6-12/h2-6,13,19H,7-10,18H2,1H3. The van der Waals surface area contributed by atoms with Crippen LogP contribution in [-0.4, -0.2) is 12.3 Å². The van der Waals surface area contributed by atoms with E-state index in [2.05, 4.69) is 29.6 Å². The van der Waals surface area contributed by atoms with E-state index in [0.717, 1.165) is 18.0 Å². The monoisotopic (exact) mass is 300 g/mol. The minimum absolute atomic E-state index is 0.0653. The second-order valence-corrected chi connectivity index (χ2v) is 6.60. The number of rotatable bonds is 6. The van der Waals surface area contributed by atoms with Gasteiger partial charge in [-0.2, -0.15) is 0 Å². The third-order valence-corrected chi connectivity index (χ3v) is 5.11. The molecule has 3 N–H and O–H groups in total. The van der Waals surface area contributed by atoms with Crippen LogP contribution in [0.4, 0.5) is 10.7 Å². The summed E-state index contributed by atoms with van der Waals surface area (Å²) >= 11 is 1.51. The van der Waals surface area contributed by atoms with E-state index in [1.165, 1.54) is 35.3 Å². The fourth-order valence-electron chi connectivity index (χ4n) is 2.59. The molecule has 110 valence electrons. The summed E-state index contributed by atoms with van der Waals surface area (Å²) in [5.41, 5.74) is 9.38. The molecule has 3 rings (SSSR count). The molecular formula is C17H20N2OS. The Bertz CT molecular complexity index is 644. The molecule has 0 aliphatic heterocycles. The van der Waals surface area contributed by atoms with Gasteiger partial charge in [0.15, 0.2) is 5.78 Å². The van der Waals surface area contributed by atoms with E-state index >= 15 is 0 Å². The molecule has 1 aromatic heterocycles. The van der Waals surface area contributed by atoms with Gasteiger partial charge in [0.2, 0.25) is 0 Å². The van der Waals surface area contributed by atoms with Crippen LogP contribution in [0.1, 0.15) is 46.5 Å². The van der Waals surface area contributed by atoms with E-state index in [1.54, 1.807) is 6.92 Å². The van der Waals surface area contributed by atoms with Crippen LogP contribution in [0, 0.1) is 0 Å². The number of hydrogen-bond donors (Lipinski definition) is 2. The first kappa shape index (κ1) is 14.1. The van der Waals surface area contributed by atoms with Gasteiger partial charge in [0.25, 0.3) is 0 Å². The molecule has 1 fully saturated rings. The number of hydrogen-bond acceptors (Lipinski definition) is 4. The van der Waals surface area contributed by atoms with Crippen LogP contribution in [0.2, 0.25) is 0 Å². The van der Waals surface area contributed by atoms with E-state index in [0.29, 0.717) is 16.5 Å². The molecule has 0 saturated heterocycles. The van der Waals surface area contributed by atoms with Gasteiger partial charge in [-0.15, -0.1) is 11.3 Å². The lowest BCUT2D eigenvalue weighted by Crippen LogP contribution is -2.05. The number of thiophene rings is 1. The highest BCUT2D eigenvalue weighted by Gasteiger charge is 2.32. The van der Waals surface area contributed by atoms with Crippen LogP contribution < -0.4 is 11.1 Å². The predicted molar refractivity (Wildman–Crippen MR) is 89.3 cm³/mol. The molecule has 0 bridgehead atoms. The molecule has 3 nitrogen and oxygen atoms in total. The molecule has 1 heterocycles. The molecule has 0 amide bonds. The summed E-state index contributed by atoms with van der Waals surface area (Å²) in [6, 6.07) is 10.4. The van der Waals surface area contributed by atoms with E-state index in [9.17, 15) is 4.79 Å². The van der Waals surface area contributed by atoms with Crippen molar-refractivity contribution in [2.45, 2.75) is 32.1 Å². The maximum atomic E-state index is 11.7. The molecule has 0 radical (unpaired) electrons. The topological polar surface area (TPSA) is 55.1 Å². The molecular weight excluding hydrogens is 280 g/mol. The van der Waals surface area contributed by atoms with Gasteiger partial charge in [0.05, 0.1) is 15.6 Å². The summed E-state index contributed by atoms with van der Waals surface area (Å²) in [6.07, 6.45) is 3.34. The number of anilines is 2. The number of carbonyl (C=O) groups excluding carboxylic acids is 1. The molecule has 1 saturated carbocycles. The third kappa shape index (κ3) is 3.10. The number of nitrogens with two attached hydrogens (primary N) is 1. The van der Waals surface area contributed by atoms with Crippen molar-refractivity contribution in [2.75, 3.05) is 17.6 Å². The first-order valence-electron chi connectivity index (χ1n) is 7.37. The van der Waals surface area contributed by atoms with Crippen molar-refractivity contribution < 1.29 is 4.79 Å². The van der Waals surface area contributed by atoms with Crippen molar-refractivity contribution >= 4 is 27.8 Å². The first-order chi connectivity index (χ1) is 10.2. The summed E-state index contributed by atoms with van der Waals surface area (Å²) < 4.78 is 0. The zero-order chi connectivity index (χ0) is 14.8. The number of benzene rings is 1. The van der Waals surface area contributed by atoms with Crippen molar-refractivity contribution in [1.82, 2.24) is 0 Å². The van der Waals surface area contributed by atoms with Gasteiger partial charge in [-0.05, 0) is 30.7 Å². The molecule has 2 aromatic rings. The van der Waals surface area contributed by atoms with Crippen molar-refractivity contribution in [3.8, 4) is 0 Å². The first-order valence-corrected chi connectivity index (χ1v) is 8.19. The van der Waals surface area contributed by atoms with Crippen LogP contribution in [0.15, 0.2) is 30.3 Å². The molecule has 0 spiro atoms. The maximum Gasteiger partial charge on any atom is 0.171 e. The van der Waals surface area contributed by atoms with Gasteiger partial charge >= 0.3 is 0 Å².